The van der Waals surface area contributed by atoms with Crippen LogP contribution in [0.3, 0.4) is 0 Å². The van der Waals surface area contributed by atoms with Crippen molar-refractivity contribution in [3.63, 3.8) is 0 Å². The molecule has 0 spiro atoms. The normalized spacial score (nSPS) is 16.5. The average molecular weight is 451 g/mol. The van der Waals surface area contributed by atoms with Gasteiger partial charge in [-0.25, -0.2) is 0 Å². The SMILES string of the molecule is Cc1c(Cl)cccc1Nc1nnc(SCC(=O)N2CCC[C@@H]2c2cccs2)s1. The molecule has 1 aromatic carbocycles. The molecular formula is C19H19ClN4OS3. The monoisotopic (exact) mass is 450 g/mol. The quantitative estimate of drug-likeness (QED) is 0.483. The summed E-state index contributed by atoms with van der Waals surface area (Å²) in [7, 11) is 0. The van der Waals surface area contributed by atoms with Crippen molar-refractivity contribution in [3.8, 4) is 0 Å². The number of benzene rings is 1. The number of hydrogen-bond donors (Lipinski definition) is 1. The molecule has 1 amide bonds. The van der Waals surface area contributed by atoms with Crippen molar-refractivity contribution in [1.82, 2.24) is 15.1 Å². The number of thioether (sulfide) groups is 1. The first-order valence-corrected chi connectivity index (χ1v) is 12.0. The van der Waals surface area contributed by atoms with E-state index in [1.54, 1.807) is 11.3 Å². The summed E-state index contributed by atoms with van der Waals surface area (Å²) < 4.78 is 0.780. The lowest BCUT2D eigenvalue weighted by atomic mass is 10.2. The van der Waals surface area contributed by atoms with Gasteiger partial charge in [-0.15, -0.1) is 21.5 Å². The van der Waals surface area contributed by atoms with E-state index < -0.39 is 0 Å². The van der Waals surface area contributed by atoms with Crippen molar-refractivity contribution >= 4 is 62.8 Å². The Balaban J connectivity index is 1.35. The summed E-state index contributed by atoms with van der Waals surface area (Å²) in [6, 6.07) is 10.1. The molecule has 1 fully saturated rings. The van der Waals surface area contributed by atoms with E-state index in [0.29, 0.717) is 15.9 Å². The van der Waals surface area contributed by atoms with Gasteiger partial charge < -0.3 is 10.2 Å². The maximum atomic E-state index is 12.7. The molecule has 0 aliphatic carbocycles. The Morgan fingerprint density at radius 3 is 3.07 bits per heavy atom. The van der Waals surface area contributed by atoms with Gasteiger partial charge in [0.1, 0.15) is 0 Å². The second-order valence-electron chi connectivity index (χ2n) is 6.46. The van der Waals surface area contributed by atoms with E-state index in [1.807, 2.05) is 36.1 Å². The number of amides is 1. The lowest BCUT2D eigenvalue weighted by Gasteiger charge is -2.23. The van der Waals surface area contributed by atoms with Gasteiger partial charge in [0.2, 0.25) is 11.0 Å². The molecular weight excluding hydrogens is 432 g/mol. The van der Waals surface area contributed by atoms with Gasteiger partial charge in [0.15, 0.2) is 4.34 Å². The molecule has 1 aliphatic rings. The third-order valence-electron chi connectivity index (χ3n) is 4.68. The molecule has 1 aliphatic heterocycles. The van der Waals surface area contributed by atoms with Crippen molar-refractivity contribution in [2.45, 2.75) is 30.1 Å². The van der Waals surface area contributed by atoms with Gasteiger partial charge in [0, 0.05) is 22.1 Å². The molecule has 0 radical (unpaired) electrons. The number of carbonyl (C=O) groups is 1. The minimum absolute atomic E-state index is 0.163. The lowest BCUT2D eigenvalue weighted by molar-refractivity contribution is -0.129. The van der Waals surface area contributed by atoms with E-state index in [-0.39, 0.29) is 11.9 Å². The van der Waals surface area contributed by atoms with Crippen molar-refractivity contribution in [2.75, 3.05) is 17.6 Å². The van der Waals surface area contributed by atoms with Gasteiger partial charge in [-0.05, 0) is 48.9 Å². The van der Waals surface area contributed by atoms with E-state index in [2.05, 4.69) is 27.0 Å². The zero-order chi connectivity index (χ0) is 19.5. The summed E-state index contributed by atoms with van der Waals surface area (Å²) in [4.78, 5) is 16.0. The fraction of sp³-hybridized carbons (Fsp3) is 0.316. The Hall–Kier alpha value is -1.61. The maximum Gasteiger partial charge on any atom is 0.233 e. The highest BCUT2D eigenvalue weighted by molar-refractivity contribution is 8.01. The molecule has 2 aromatic heterocycles. The number of anilines is 2. The molecule has 4 rings (SSSR count). The second kappa shape index (κ2) is 8.82. The van der Waals surface area contributed by atoms with Crippen LogP contribution in [0.25, 0.3) is 0 Å². The number of thiophene rings is 1. The predicted octanol–water partition coefficient (Wildman–Crippen LogP) is 5.76. The Labute approximate surface area is 181 Å². The number of rotatable bonds is 6. The summed E-state index contributed by atoms with van der Waals surface area (Å²) in [6.45, 7) is 2.79. The number of nitrogens with one attached hydrogen (secondary N) is 1. The number of halogens is 1. The van der Waals surface area contributed by atoms with Crippen LogP contribution in [0.5, 0.6) is 0 Å². The van der Waals surface area contributed by atoms with Crippen molar-refractivity contribution < 1.29 is 4.79 Å². The highest BCUT2D eigenvalue weighted by atomic mass is 35.5. The molecule has 1 N–H and O–H groups in total. The number of likely N-dealkylation sites (tertiary alicyclic amines) is 1. The zero-order valence-corrected chi connectivity index (χ0v) is 18.4. The molecule has 0 unspecified atom stereocenters. The second-order valence-corrected chi connectivity index (χ2v) is 10.0. The van der Waals surface area contributed by atoms with Gasteiger partial charge in [-0.2, -0.15) is 0 Å². The Bertz CT molecular complexity index is 960. The minimum Gasteiger partial charge on any atom is -0.334 e. The molecule has 3 aromatic rings. The molecule has 3 heterocycles. The number of aromatic nitrogens is 2. The third kappa shape index (κ3) is 4.35. The van der Waals surface area contributed by atoms with Crippen molar-refractivity contribution in [1.29, 1.82) is 0 Å². The highest BCUT2D eigenvalue weighted by Crippen LogP contribution is 2.36. The topological polar surface area (TPSA) is 58.1 Å². The van der Waals surface area contributed by atoms with E-state index in [0.717, 1.165) is 35.0 Å². The minimum atomic E-state index is 0.163. The molecule has 5 nitrogen and oxygen atoms in total. The maximum absolute atomic E-state index is 12.7. The van der Waals surface area contributed by atoms with Gasteiger partial charge in [0.25, 0.3) is 0 Å². The summed E-state index contributed by atoms with van der Waals surface area (Å²) in [5.41, 5.74) is 1.88. The van der Waals surface area contributed by atoms with Crippen LogP contribution in [-0.2, 0) is 4.79 Å². The van der Waals surface area contributed by atoms with Crippen molar-refractivity contribution in [2.24, 2.45) is 0 Å². The van der Waals surface area contributed by atoms with Crippen LogP contribution in [0.1, 0.15) is 29.3 Å². The first-order valence-electron chi connectivity index (χ1n) is 8.93. The molecule has 1 atom stereocenters. The van der Waals surface area contributed by atoms with Crippen LogP contribution in [0.15, 0.2) is 40.1 Å². The molecule has 0 bridgehead atoms. The van der Waals surface area contributed by atoms with Gasteiger partial charge in [-0.1, -0.05) is 46.8 Å². The van der Waals surface area contributed by atoms with Crippen molar-refractivity contribution in [3.05, 3.63) is 51.2 Å². The lowest BCUT2D eigenvalue weighted by Crippen LogP contribution is -2.31. The Morgan fingerprint density at radius 2 is 2.25 bits per heavy atom. The molecule has 28 heavy (non-hydrogen) atoms. The smallest absolute Gasteiger partial charge is 0.233 e. The van der Waals surface area contributed by atoms with Crippen LogP contribution in [0.4, 0.5) is 10.8 Å². The standard InChI is InChI=1S/C19H19ClN4OS3/c1-12-13(20)5-2-6-14(12)21-18-22-23-19(28-18)27-11-17(25)24-9-3-7-15(24)16-8-4-10-26-16/h2,4-6,8,10,15H,3,7,9,11H2,1H3,(H,21,22)/t15-/m1/s1. The van der Waals surface area contributed by atoms with E-state index in [9.17, 15) is 4.79 Å². The largest absolute Gasteiger partial charge is 0.334 e. The average Bonchev–Trinajstić information content (AvgIpc) is 3.44. The van der Waals surface area contributed by atoms with Gasteiger partial charge >= 0.3 is 0 Å². The van der Waals surface area contributed by atoms with Crippen LogP contribution in [0.2, 0.25) is 5.02 Å². The number of nitrogens with zero attached hydrogens (tertiary/aromatic N) is 3. The van der Waals surface area contributed by atoms with Crippen LogP contribution >= 0.6 is 46.0 Å². The third-order valence-corrected chi connectivity index (χ3v) is 8.02. The van der Waals surface area contributed by atoms with E-state index in [4.69, 9.17) is 11.6 Å². The first-order chi connectivity index (χ1) is 13.6. The summed E-state index contributed by atoms with van der Waals surface area (Å²) in [6.07, 6.45) is 2.10. The van der Waals surface area contributed by atoms with Crippen LogP contribution < -0.4 is 5.32 Å². The highest BCUT2D eigenvalue weighted by Gasteiger charge is 2.30. The summed E-state index contributed by atoms with van der Waals surface area (Å²) in [5.74, 6) is 0.545. The first kappa shape index (κ1) is 19.7. The zero-order valence-electron chi connectivity index (χ0n) is 15.2. The van der Waals surface area contributed by atoms with Gasteiger partial charge in [-0.3, -0.25) is 4.79 Å². The predicted molar refractivity (Wildman–Crippen MR) is 118 cm³/mol. The van der Waals surface area contributed by atoms with Crippen LogP contribution in [0, 0.1) is 6.92 Å². The number of carbonyl (C=O) groups excluding carboxylic acids is 1. The fourth-order valence-corrected chi connectivity index (χ4v) is 5.92. The molecule has 1 saturated heterocycles. The Kier molecular flexibility index (Phi) is 6.20. The van der Waals surface area contributed by atoms with Gasteiger partial charge in [0.05, 0.1) is 11.8 Å². The van der Waals surface area contributed by atoms with E-state index in [1.165, 1.54) is 28.0 Å². The fourth-order valence-electron chi connectivity index (χ4n) is 3.22. The summed E-state index contributed by atoms with van der Waals surface area (Å²) in [5, 5.41) is 15.1. The summed E-state index contributed by atoms with van der Waals surface area (Å²) >= 11 is 10.8. The van der Waals surface area contributed by atoms with Crippen LogP contribution in [-0.4, -0.2) is 33.3 Å². The molecule has 146 valence electrons. The molecule has 0 saturated carbocycles. The van der Waals surface area contributed by atoms with E-state index >= 15 is 0 Å². The molecule has 9 heteroatoms. The Morgan fingerprint density at radius 1 is 1.36 bits per heavy atom. The number of hydrogen-bond acceptors (Lipinski definition) is 7.